The number of ether oxygens (including phenoxy) is 1. The van der Waals surface area contributed by atoms with E-state index in [1.807, 2.05) is 20.8 Å². The molecule has 0 atom stereocenters. The lowest BCUT2D eigenvalue weighted by Crippen LogP contribution is -2.41. The van der Waals surface area contributed by atoms with E-state index in [1.165, 1.54) is 0 Å². The van der Waals surface area contributed by atoms with Crippen LogP contribution in [-0.4, -0.2) is 49.8 Å². The van der Waals surface area contributed by atoms with E-state index in [2.05, 4.69) is 5.32 Å². The van der Waals surface area contributed by atoms with Crippen molar-refractivity contribution in [1.82, 2.24) is 4.90 Å². The third kappa shape index (κ3) is 5.97. The maximum absolute atomic E-state index is 12.3. The Morgan fingerprint density at radius 2 is 1.90 bits per heavy atom. The molecule has 1 fully saturated rings. The summed E-state index contributed by atoms with van der Waals surface area (Å²) in [6.07, 6.45) is 4.30. The molecular weight excluding hydrogens is 404 g/mol. The second-order valence-corrected chi connectivity index (χ2v) is 11.3. The molecule has 2 aliphatic heterocycles. The molecule has 30 heavy (non-hydrogen) atoms. The number of hydrogen-bond donors (Lipinski definition) is 1. The third-order valence-corrected chi connectivity index (χ3v) is 7.41. The van der Waals surface area contributed by atoms with E-state index in [1.54, 1.807) is 23.1 Å². The number of sulfone groups is 1. The van der Waals surface area contributed by atoms with Crippen LogP contribution in [0.5, 0.6) is 0 Å². The molecule has 1 N–H and O–H groups in total. The first-order valence-corrected chi connectivity index (χ1v) is 12.3. The number of carbonyl (C=O) groups excluding carboxylic acids is 2. The van der Waals surface area contributed by atoms with Gasteiger partial charge < -0.3 is 15.0 Å². The standard InChI is InChI=1S/C22H32N2O5S/c1-22(2,3)29-21(26)24-12-9-16(10-13-24)5-4-6-20(25)23-18-7-8-19-17(15-18)11-14-30(19,27)28/h7-8,15-16H,4-6,9-14H2,1-3H3,(H,23,25). The zero-order valence-corrected chi connectivity index (χ0v) is 18.9. The molecule has 1 saturated heterocycles. The number of aryl methyl sites for hydroxylation is 1. The molecule has 0 saturated carbocycles. The Hall–Kier alpha value is -2.09. The van der Waals surface area contributed by atoms with Crippen LogP contribution in [-0.2, 0) is 25.8 Å². The molecule has 1 aromatic carbocycles. The van der Waals surface area contributed by atoms with Gasteiger partial charge in [0.1, 0.15) is 5.60 Å². The van der Waals surface area contributed by atoms with Gasteiger partial charge in [0.05, 0.1) is 10.6 Å². The highest BCUT2D eigenvalue weighted by Gasteiger charge is 2.27. The van der Waals surface area contributed by atoms with E-state index in [0.717, 1.165) is 31.2 Å². The Morgan fingerprint density at radius 1 is 1.20 bits per heavy atom. The number of benzene rings is 1. The minimum absolute atomic E-state index is 0.0537. The largest absolute Gasteiger partial charge is 0.444 e. The van der Waals surface area contributed by atoms with Gasteiger partial charge in [-0.15, -0.1) is 0 Å². The van der Waals surface area contributed by atoms with Crippen molar-refractivity contribution in [3.63, 3.8) is 0 Å². The molecule has 2 amide bonds. The molecule has 3 rings (SSSR count). The molecule has 2 heterocycles. The predicted octanol–water partition coefficient (Wildman–Crippen LogP) is 3.77. The molecule has 2 aliphatic rings. The summed E-state index contributed by atoms with van der Waals surface area (Å²) in [5.41, 5.74) is 0.958. The summed E-state index contributed by atoms with van der Waals surface area (Å²) < 4.78 is 29.2. The number of piperidine rings is 1. The summed E-state index contributed by atoms with van der Waals surface area (Å²) in [5, 5.41) is 2.88. The molecule has 7 nitrogen and oxygen atoms in total. The van der Waals surface area contributed by atoms with Gasteiger partial charge in [-0.05, 0) is 82.6 Å². The fourth-order valence-corrected chi connectivity index (χ4v) is 5.56. The molecule has 1 aromatic rings. The molecule has 0 aliphatic carbocycles. The van der Waals surface area contributed by atoms with E-state index < -0.39 is 15.4 Å². The van der Waals surface area contributed by atoms with Crippen molar-refractivity contribution in [2.75, 3.05) is 24.2 Å². The van der Waals surface area contributed by atoms with Crippen molar-refractivity contribution in [1.29, 1.82) is 0 Å². The lowest BCUT2D eigenvalue weighted by molar-refractivity contribution is -0.116. The van der Waals surface area contributed by atoms with Crippen molar-refractivity contribution in [3.8, 4) is 0 Å². The summed E-state index contributed by atoms with van der Waals surface area (Å²) in [7, 11) is -3.14. The van der Waals surface area contributed by atoms with Gasteiger partial charge in [-0.2, -0.15) is 0 Å². The maximum Gasteiger partial charge on any atom is 0.410 e. The molecule has 0 radical (unpaired) electrons. The Labute approximate surface area is 179 Å². The average molecular weight is 437 g/mol. The van der Waals surface area contributed by atoms with Crippen molar-refractivity contribution in [2.45, 2.75) is 69.8 Å². The molecular formula is C22H32N2O5S. The quantitative estimate of drug-likeness (QED) is 0.758. The van der Waals surface area contributed by atoms with Crippen LogP contribution in [0.3, 0.4) is 0 Å². The number of amides is 2. The van der Waals surface area contributed by atoms with Crippen LogP contribution in [0.4, 0.5) is 10.5 Å². The summed E-state index contributed by atoms with van der Waals surface area (Å²) in [4.78, 5) is 26.5. The van der Waals surface area contributed by atoms with E-state index in [4.69, 9.17) is 4.74 Å². The number of nitrogens with zero attached hydrogens (tertiary/aromatic N) is 1. The van der Waals surface area contributed by atoms with Crippen LogP contribution >= 0.6 is 0 Å². The minimum atomic E-state index is -3.14. The SMILES string of the molecule is CC(C)(C)OC(=O)N1CCC(CCCC(=O)Nc2ccc3c(c2)CCS3(=O)=O)CC1. The van der Waals surface area contributed by atoms with Crippen LogP contribution in [0, 0.1) is 5.92 Å². The average Bonchev–Trinajstić information content (AvgIpc) is 2.95. The minimum Gasteiger partial charge on any atom is -0.444 e. The van der Waals surface area contributed by atoms with Crippen molar-refractivity contribution < 1.29 is 22.7 Å². The van der Waals surface area contributed by atoms with Gasteiger partial charge in [0, 0.05) is 25.2 Å². The monoisotopic (exact) mass is 436 g/mol. The van der Waals surface area contributed by atoms with Gasteiger partial charge >= 0.3 is 6.09 Å². The number of fused-ring (bicyclic) bond motifs is 1. The number of carbonyl (C=O) groups is 2. The molecule has 0 bridgehead atoms. The highest BCUT2D eigenvalue weighted by molar-refractivity contribution is 7.91. The number of nitrogens with one attached hydrogen (secondary N) is 1. The zero-order chi connectivity index (χ0) is 21.9. The molecule has 8 heteroatoms. The van der Waals surface area contributed by atoms with E-state index in [9.17, 15) is 18.0 Å². The fourth-order valence-electron chi connectivity index (χ4n) is 4.02. The van der Waals surface area contributed by atoms with E-state index >= 15 is 0 Å². The van der Waals surface area contributed by atoms with Crippen molar-refractivity contribution >= 4 is 27.5 Å². The van der Waals surface area contributed by atoms with Crippen molar-refractivity contribution in [2.24, 2.45) is 5.92 Å². The van der Waals surface area contributed by atoms with Crippen LogP contribution in [0.25, 0.3) is 0 Å². The number of likely N-dealkylation sites (tertiary alicyclic amines) is 1. The number of anilines is 1. The first-order valence-electron chi connectivity index (χ1n) is 10.7. The van der Waals surface area contributed by atoms with E-state index in [0.29, 0.717) is 42.4 Å². The summed E-state index contributed by atoms with van der Waals surface area (Å²) in [5.74, 6) is 0.607. The highest BCUT2D eigenvalue weighted by Crippen LogP contribution is 2.28. The lowest BCUT2D eigenvalue weighted by atomic mass is 9.91. The maximum atomic E-state index is 12.3. The molecule has 0 spiro atoms. The predicted molar refractivity (Wildman–Crippen MR) is 115 cm³/mol. The fraction of sp³-hybridized carbons (Fsp3) is 0.636. The molecule has 166 valence electrons. The van der Waals surface area contributed by atoms with Gasteiger partial charge in [-0.3, -0.25) is 4.79 Å². The van der Waals surface area contributed by atoms with Gasteiger partial charge in [0.2, 0.25) is 5.91 Å². The van der Waals surface area contributed by atoms with Gasteiger partial charge in [-0.1, -0.05) is 0 Å². The first-order chi connectivity index (χ1) is 14.0. The topological polar surface area (TPSA) is 92.8 Å². The van der Waals surface area contributed by atoms with Crippen LogP contribution < -0.4 is 5.32 Å². The van der Waals surface area contributed by atoms with Crippen LogP contribution in [0.15, 0.2) is 23.1 Å². The normalized spacial score (nSPS) is 18.7. The summed E-state index contributed by atoms with van der Waals surface area (Å²) >= 11 is 0. The van der Waals surface area contributed by atoms with Gasteiger partial charge in [0.15, 0.2) is 9.84 Å². The Morgan fingerprint density at radius 3 is 2.57 bits per heavy atom. The first kappa shape index (κ1) is 22.6. The smallest absolute Gasteiger partial charge is 0.410 e. The second kappa shape index (κ2) is 8.96. The second-order valence-electron chi connectivity index (χ2n) is 9.24. The van der Waals surface area contributed by atoms with Crippen LogP contribution in [0.2, 0.25) is 0 Å². The van der Waals surface area contributed by atoms with E-state index in [-0.39, 0.29) is 17.8 Å². The number of hydrogen-bond acceptors (Lipinski definition) is 5. The summed E-state index contributed by atoms with van der Waals surface area (Å²) in [6.45, 7) is 7.00. The number of rotatable bonds is 5. The van der Waals surface area contributed by atoms with Crippen LogP contribution in [0.1, 0.15) is 58.4 Å². The Bertz CT molecular complexity index is 897. The third-order valence-electron chi connectivity index (χ3n) is 5.60. The van der Waals surface area contributed by atoms with Gasteiger partial charge in [-0.25, -0.2) is 13.2 Å². The summed E-state index contributed by atoms with van der Waals surface area (Å²) in [6, 6.07) is 5.02. The lowest BCUT2D eigenvalue weighted by Gasteiger charge is -2.33. The Balaban J connectivity index is 1.37. The van der Waals surface area contributed by atoms with Gasteiger partial charge in [0.25, 0.3) is 0 Å². The van der Waals surface area contributed by atoms with Crippen molar-refractivity contribution in [3.05, 3.63) is 23.8 Å². The zero-order valence-electron chi connectivity index (χ0n) is 18.1. The molecule has 0 aromatic heterocycles. The Kier molecular flexibility index (Phi) is 6.75. The molecule has 0 unspecified atom stereocenters. The highest BCUT2D eigenvalue weighted by atomic mass is 32.2.